The average Bonchev–Trinajstić information content (AvgIpc) is 2.96. The Hall–Kier alpha value is -2.70. The van der Waals surface area contributed by atoms with Gasteiger partial charge in [0.25, 0.3) is 0 Å². The van der Waals surface area contributed by atoms with Crippen molar-refractivity contribution in [3.63, 3.8) is 0 Å². The predicted molar refractivity (Wildman–Crippen MR) is 87.2 cm³/mol. The third-order valence-electron chi connectivity index (χ3n) is 3.87. The Morgan fingerprint density at radius 3 is 2.75 bits per heavy atom. The lowest BCUT2D eigenvalue weighted by Crippen LogP contribution is -2.35. The summed E-state index contributed by atoms with van der Waals surface area (Å²) < 4.78 is 14.5. The number of aliphatic carboxylic acids is 1. The first-order valence-electron chi connectivity index (χ1n) is 7.54. The number of nitrogens with zero attached hydrogens (tertiary/aromatic N) is 2. The van der Waals surface area contributed by atoms with E-state index in [1.807, 2.05) is 6.92 Å². The molecule has 0 bridgehead atoms. The molecule has 0 aliphatic heterocycles. The van der Waals surface area contributed by atoms with Crippen molar-refractivity contribution >= 4 is 17.6 Å². The van der Waals surface area contributed by atoms with Crippen LogP contribution >= 0.6 is 0 Å². The molecule has 2 N–H and O–H groups in total. The molecule has 0 aliphatic carbocycles. The molecule has 1 atom stereocenters. The van der Waals surface area contributed by atoms with E-state index in [1.54, 1.807) is 12.1 Å². The summed E-state index contributed by atoms with van der Waals surface area (Å²) in [4.78, 5) is 23.3. The number of carbonyl (C=O) groups excluding carboxylic acids is 1. The molecule has 0 radical (unpaired) electrons. The van der Waals surface area contributed by atoms with Crippen molar-refractivity contribution in [3.8, 4) is 0 Å². The Balaban J connectivity index is 2.00. The first kappa shape index (κ1) is 17.7. The molecule has 0 saturated carbocycles. The fourth-order valence-corrected chi connectivity index (χ4v) is 2.21. The van der Waals surface area contributed by atoms with E-state index in [0.29, 0.717) is 5.69 Å². The van der Waals surface area contributed by atoms with Crippen LogP contribution in [0.3, 0.4) is 0 Å². The Kier molecular flexibility index (Phi) is 5.02. The molecule has 6 nitrogen and oxygen atoms in total. The smallest absolute Gasteiger partial charge is 0.331 e. The van der Waals surface area contributed by atoms with Crippen molar-refractivity contribution in [2.24, 2.45) is 0 Å². The molecule has 1 heterocycles. The van der Waals surface area contributed by atoms with Gasteiger partial charge in [0.2, 0.25) is 5.91 Å². The number of carboxylic acid groups (broad SMARTS) is 1. The van der Waals surface area contributed by atoms with E-state index in [0.717, 1.165) is 5.56 Å². The highest BCUT2D eigenvalue weighted by atomic mass is 19.1. The number of carbonyl (C=O) groups is 2. The van der Waals surface area contributed by atoms with Gasteiger partial charge in [-0.05, 0) is 37.5 Å². The summed E-state index contributed by atoms with van der Waals surface area (Å²) in [6.45, 7) is 4.87. The second kappa shape index (κ2) is 6.82. The number of benzene rings is 1. The van der Waals surface area contributed by atoms with Crippen LogP contribution in [0.5, 0.6) is 0 Å². The van der Waals surface area contributed by atoms with E-state index in [1.165, 1.54) is 43.1 Å². The van der Waals surface area contributed by atoms with E-state index in [-0.39, 0.29) is 24.1 Å². The van der Waals surface area contributed by atoms with Crippen LogP contribution in [-0.2, 0) is 15.1 Å². The third-order valence-corrected chi connectivity index (χ3v) is 3.87. The minimum Gasteiger partial charge on any atom is -0.479 e. The normalized spacial score (nSPS) is 12.7. The average molecular weight is 333 g/mol. The maximum absolute atomic E-state index is 13.2. The van der Waals surface area contributed by atoms with Crippen LogP contribution in [0.4, 0.5) is 10.1 Å². The van der Waals surface area contributed by atoms with Crippen LogP contribution in [-0.4, -0.2) is 26.8 Å². The Morgan fingerprint density at radius 1 is 1.42 bits per heavy atom. The molecule has 0 aliphatic rings. The lowest BCUT2D eigenvalue weighted by Gasteiger charge is -2.19. The minimum atomic E-state index is -1.21. The van der Waals surface area contributed by atoms with Gasteiger partial charge < -0.3 is 10.4 Å². The van der Waals surface area contributed by atoms with Crippen molar-refractivity contribution < 1.29 is 19.1 Å². The quantitative estimate of drug-likeness (QED) is 0.851. The fraction of sp³-hybridized carbons (Fsp3) is 0.353. The zero-order valence-electron chi connectivity index (χ0n) is 13.8. The Morgan fingerprint density at radius 2 is 2.12 bits per heavy atom. The predicted octanol–water partition coefficient (Wildman–Crippen LogP) is 2.97. The topological polar surface area (TPSA) is 84.2 Å². The first-order valence-corrected chi connectivity index (χ1v) is 7.54. The minimum absolute atomic E-state index is 0.147. The zero-order chi connectivity index (χ0) is 17.9. The summed E-state index contributed by atoms with van der Waals surface area (Å²) in [5.74, 6) is -1.76. The maximum atomic E-state index is 13.2. The van der Waals surface area contributed by atoms with Gasteiger partial charge in [0, 0.05) is 12.6 Å². The van der Waals surface area contributed by atoms with E-state index < -0.39 is 11.5 Å². The van der Waals surface area contributed by atoms with Crippen LogP contribution in [0.15, 0.2) is 36.7 Å². The first-order chi connectivity index (χ1) is 11.2. The maximum Gasteiger partial charge on any atom is 0.331 e. The van der Waals surface area contributed by atoms with Crippen LogP contribution in [0, 0.1) is 5.82 Å². The SMILES string of the molecule is CC(CC(=O)Nc1cnn(C(C)(C)C(=O)O)c1)c1cccc(F)c1. The van der Waals surface area contributed by atoms with Crippen LogP contribution < -0.4 is 5.32 Å². The zero-order valence-corrected chi connectivity index (χ0v) is 13.8. The van der Waals surface area contributed by atoms with Gasteiger partial charge in [-0.15, -0.1) is 0 Å². The summed E-state index contributed by atoms with van der Waals surface area (Å²) in [6.07, 6.45) is 3.05. The number of amides is 1. The highest BCUT2D eigenvalue weighted by Gasteiger charge is 2.30. The summed E-state index contributed by atoms with van der Waals surface area (Å²) in [7, 11) is 0. The molecule has 0 saturated heterocycles. The second-order valence-corrected chi connectivity index (χ2v) is 6.25. The third kappa shape index (κ3) is 3.98. The molecular weight excluding hydrogens is 313 g/mol. The molecule has 1 unspecified atom stereocenters. The molecule has 2 rings (SSSR count). The van der Waals surface area contributed by atoms with Gasteiger partial charge in [-0.3, -0.25) is 9.48 Å². The van der Waals surface area contributed by atoms with E-state index in [2.05, 4.69) is 10.4 Å². The summed E-state index contributed by atoms with van der Waals surface area (Å²) >= 11 is 0. The molecule has 1 aromatic carbocycles. The lowest BCUT2D eigenvalue weighted by atomic mass is 9.97. The Bertz CT molecular complexity index is 755. The second-order valence-electron chi connectivity index (χ2n) is 6.25. The molecule has 0 fully saturated rings. The van der Waals surface area contributed by atoms with Gasteiger partial charge in [-0.25, -0.2) is 9.18 Å². The fourth-order valence-electron chi connectivity index (χ4n) is 2.21. The summed E-state index contributed by atoms with van der Waals surface area (Å²) in [5.41, 5.74) is -0.0497. The number of halogens is 1. The van der Waals surface area contributed by atoms with Crippen LogP contribution in [0.25, 0.3) is 0 Å². The van der Waals surface area contributed by atoms with Crippen molar-refractivity contribution in [3.05, 3.63) is 48.0 Å². The van der Waals surface area contributed by atoms with E-state index >= 15 is 0 Å². The van der Waals surface area contributed by atoms with Crippen molar-refractivity contribution in [1.82, 2.24) is 9.78 Å². The van der Waals surface area contributed by atoms with Crippen LogP contribution in [0.1, 0.15) is 38.7 Å². The molecule has 0 spiro atoms. The highest BCUT2D eigenvalue weighted by Crippen LogP contribution is 2.21. The number of hydrogen-bond donors (Lipinski definition) is 2. The molecule has 2 aromatic rings. The molecule has 128 valence electrons. The standard InChI is InChI=1S/C17H20FN3O3/c1-11(12-5-4-6-13(18)8-12)7-15(22)20-14-9-19-21(10-14)17(2,3)16(23)24/h4-6,8-11H,7H2,1-3H3,(H,20,22)(H,23,24). The number of rotatable bonds is 6. The van der Waals surface area contributed by atoms with Crippen molar-refractivity contribution in [1.29, 1.82) is 0 Å². The van der Waals surface area contributed by atoms with E-state index in [9.17, 15) is 19.1 Å². The van der Waals surface area contributed by atoms with Gasteiger partial charge in [0.1, 0.15) is 5.82 Å². The summed E-state index contributed by atoms with van der Waals surface area (Å²) in [5, 5.41) is 15.8. The Labute approximate surface area is 139 Å². The van der Waals surface area contributed by atoms with Gasteiger partial charge >= 0.3 is 5.97 Å². The van der Waals surface area contributed by atoms with Gasteiger partial charge in [-0.2, -0.15) is 5.10 Å². The molecule has 1 aromatic heterocycles. The lowest BCUT2D eigenvalue weighted by molar-refractivity contribution is -0.146. The number of carboxylic acids is 1. The number of hydrogen-bond acceptors (Lipinski definition) is 3. The number of aromatic nitrogens is 2. The van der Waals surface area contributed by atoms with E-state index in [4.69, 9.17) is 0 Å². The van der Waals surface area contributed by atoms with Crippen molar-refractivity contribution in [2.45, 2.75) is 38.6 Å². The molecule has 1 amide bonds. The van der Waals surface area contributed by atoms with Gasteiger partial charge in [0.15, 0.2) is 5.54 Å². The monoisotopic (exact) mass is 333 g/mol. The highest BCUT2D eigenvalue weighted by molar-refractivity contribution is 5.91. The molecule has 24 heavy (non-hydrogen) atoms. The largest absolute Gasteiger partial charge is 0.479 e. The number of nitrogens with one attached hydrogen (secondary N) is 1. The molecular formula is C17H20FN3O3. The van der Waals surface area contributed by atoms with Crippen LogP contribution in [0.2, 0.25) is 0 Å². The number of anilines is 1. The summed E-state index contributed by atoms with van der Waals surface area (Å²) in [6, 6.07) is 6.14. The van der Waals surface area contributed by atoms with Crippen molar-refractivity contribution in [2.75, 3.05) is 5.32 Å². The van der Waals surface area contributed by atoms with Gasteiger partial charge in [0.05, 0.1) is 11.9 Å². The molecule has 7 heteroatoms. The van der Waals surface area contributed by atoms with Gasteiger partial charge in [-0.1, -0.05) is 19.1 Å².